The summed E-state index contributed by atoms with van der Waals surface area (Å²) in [6, 6.07) is 10.1. The summed E-state index contributed by atoms with van der Waals surface area (Å²) in [4.78, 5) is 5.97. The van der Waals surface area contributed by atoms with Crippen LogP contribution in [0, 0.1) is 4.84 Å². The van der Waals surface area contributed by atoms with Gasteiger partial charge in [-0.05, 0) is 18.6 Å². The number of aryl methyl sites for hydroxylation is 1. The van der Waals surface area contributed by atoms with Crippen molar-refractivity contribution in [1.29, 1.82) is 0 Å². The highest BCUT2D eigenvalue weighted by Crippen LogP contribution is 2.35. The molecular weight excluding hydrogens is 290 g/mol. The molecule has 0 saturated carbocycles. The number of thiazole rings is 1. The summed E-state index contributed by atoms with van der Waals surface area (Å²) in [5.41, 5.74) is 2.12. The molecule has 0 unspecified atom stereocenters. The van der Waals surface area contributed by atoms with Crippen molar-refractivity contribution in [3.8, 4) is 21.3 Å². The molecule has 3 aromatic rings. The van der Waals surface area contributed by atoms with Crippen molar-refractivity contribution in [1.82, 2.24) is 15.2 Å². The van der Waals surface area contributed by atoms with Gasteiger partial charge in [-0.3, -0.25) is 0 Å². The lowest BCUT2D eigenvalue weighted by atomic mass is 10.2. The summed E-state index contributed by atoms with van der Waals surface area (Å²) in [7, 11) is 0. The Hall–Kier alpha value is -1.79. The molecule has 1 N–H and O–H groups in total. The number of benzene rings is 1. The van der Waals surface area contributed by atoms with Crippen molar-refractivity contribution in [3.05, 3.63) is 40.9 Å². The molecule has 6 heteroatoms. The molecule has 0 amide bonds. The molecular formula is C14H13N3OS2. The van der Waals surface area contributed by atoms with Gasteiger partial charge < -0.3 is 4.42 Å². The van der Waals surface area contributed by atoms with E-state index < -0.39 is 0 Å². The first-order valence-electron chi connectivity index (χ1n) is 6.39. The third-order valence-electron chi connectivity index (χ3n) is 2.84. The highest BCUT2D eigenvalue weighted by atomic mass is 32.1. The van der Waals surface area contributed by atoms with Crippen molar-refractivity contribution >= 4 is 23.6 Å². The Bertz CT molecular complexity index is 758. The molecule has 0 aliphatic heterocycles. The van der Waals surface area contributed by atoms with Gasteiger partial charge in [0, 0.05) is 5.56 Å². The summed E-state index contributed by atoms with van der Waals surface area (Å²) < 4.78 is 5.42. The number of nitrogens with one attached hydrogen (secondary N) is 1. The molecule has 0 radical (unpaired) electrons. The summed E-state index contributed by atoms with van der Waals surface area (Å²) in [6.45, 7) is 2.13. The van der Waals surface area contributed by atoms with Crippen LogP contribution in [0.25, 0.3) is 21.3 Å². The smallest absolute Gasteiger partial charge is 0.284 e. The highest BCUT2D eigenvalue weighted by Gasteiger charge is 2.17. The van der Waals surface area contributed by atoms with Gasteiger partial charge in [0.05, 0.1) is 5.69 Å². The number of H-pyrrole nitrogens is 1. The topological polar surface area (TPSA) is 54.7 Å². The molecule has 20 heavy (non-hydrogen) atoms. The lowest BCUT2D eigenvalue weighted by Crippen LogP contribution is -1.87. The van der Waals surface area contributed by atoms with E-state index in [2.05, 4.69) is 29.3 Å². The molecule has 0 aliphatic carbocycles. The van der Waals surface area contributed by atoms with Crippen molar-refractivity contribution in [2.24, 2.45) is 0 Å². The minimum absolute atomic E-state index is 0.289. The summed E-state index contributed by atoms with van der Waals surface area (Å²) >= 11 is 6.53. The maximum absolute atomic E-state index is 5.42. The molecule has 0 aliphatic rings. The van der Waals surface area contributed by atoms with Gasteiger partial charge in [-0.1, -0.05) is 43.7 Å². The van der Waals surface area contributed by atoms with Crippen LogP contribution in [0.15, 0.2) is 34.7 Å². The lowest BCUT2D eigenvalue weighted by Gasteiger charge is -1.94. The van der Waals surface area contributed by atoms with E-state index in [-0.39, 0.29) is 4.84 Å². The molecule has 2 aromatic heterocycles. The third kappa shape index (κ3) is 2.57. The van der Waals surface area contributed by atoms with Crippen LogP contribution in [-0.2, 0) is 6.42 Å². The first-order chi connectivity index (χ1) is 9.78. The van der Waals surface area contributed by atoms with Crippen LogP contribution in [0.2, 0.25) is 0 Å². The Balaban J connectivity index is 2.09. The van der Waals surface area contributed by atoms with E-state index in [1.807, 2.05) is 18.2 Å². The fraction of sp³-hybridized carbons (Fsp3) is 0.214. The quantitative estimate of drug-likeness (QED) is 0.722. The summed E-state index contributed by atoms with van der Waals surface area (Å²) in [6.07, 6.45) is 1.92. The average molecular weight is 303 g/mol. The van der Waals surface area contributed by atoms with Crippen LogP contribution in [-0.4, -0.2) is 15.2 Å². The highest BCUT2D eigenvalue weighted by molar-refractivity contribution is 7.71. The minimum Gasteiger partial charge on any atom is -0.408 e. The van der Waals surface area contributed by atoms with Gasteiger partial charge in [0.15, 0.2) is 0 Å². The normalized spacial score (nSPS) is 10.8. The molecule has 0 spiro atoms. The van der Waals surface area contributed by atoms with Gasteiger partial charge in [-0.25, -0.2) is 10.1 Å². The summed E-state index contributed by atoms with van der Waals surface area (Å²) in [5.74, 6) is 0.526. The fourth-order valence-corrected chi connectivity index (χ4v) is 3.12. The third-order valence-corrected chi connectivity index (χ3v) is 4.15. The van der Waals surface area contributed by atoms with Gasteiger partial charge in [0.2, 0.25) is 0 Å². The average Bonchev–Trinajstić information content (AvgIpc) is 3.07. The Kier molecular flexibility index (Phi) is 3.75. The standard InChI is InChI=1S/C14H13N3OS2/c1-2-6-10-11(12-16-17-14(19)18-12)20-13(15-10)9-7-4-3-5-8-9/h3-5,7-8H,2,6H2,1H3,(H,17,19). The van der Waals surface area contributed by atoms with E-state index in [1.165, 1.54) is 0 Å². The van der Waals surface area contributed by atoms with Crippen LogP contribution in [0.5, 0.6) is 0 Å². The van der Waals surface area contributed by atoms with E-state index in [1.54, 1.807) is 11.3 Å². The minimum atomic E-state index is 0.289. The van der Waals surface area contributed by atoms with E-state index in [0.717, 1.165) is 34.0 Å². The van der Waals surface area contributed by atoms with Gasteiger partial charge in [0.25, 0.3) is 10.7 Å². The number of aromatic amines is 1. The SMILES string of the molecule is CCCc1nc(-c2ccccc2)sc1-c1n[nH]c(=S)o1. The van der Waals surface area contributed by atoms with E-state index in [4.69, 9.17) is 21.6 Å². The maximum Gasteiger partial charge on any atom is 0.284 e. The van der Waals surface area contributed by atoms with Crippen molar-refractivity contribution in [2.45, 2.75) is 19.8 Å². The number of nitrogens with zero attached hydrogens (tertiary/aromatic N) is 2. The second kappa shape index (κ2) is 5.68. The molecule has 4 nitrogen and oxygen atoms in total. The van der Waals surface area contributed by atoms with E-state index >= 15 is 0 Å². The van der Waals surface area contributed by atoms with Gasteiger partial charge in [-0.15, -0.1) is 16.4 Å². The molecule has 0 bridgehead atoms. The molecule has 3 rings (SSSR count). The number of rotatable bonds is 4. The molecule has 0 fully saturated rings. The Labute approximate surface area is 125 Å². The monoisotopic (exact) mass is 303 g/mol. The molecule has 0 atom stereocenters. The first-order valence-corrected chi connectivity index (χ1v) is 7.61. The van der Waals surface area contributed by atoms with Gasteiger partial charge in [0.1, 0.15) is 9.88 Å². The van der Waals surface area contributed by atoms with E-state index in [9.17, 15) is 0 Å². The predicted molar refractivity (Wildman–Crippen MR) is 82.2 cm³/mol. The van der Waals surface area contributed by atoms with Crippen molar-refractivity contribution < 1.29 is 4.42 Å². The Morgan fingerprint density at radius 3 is 2.75 bits per heavy atom. The summed E-state index contributed by atoms with van der Waals surface area (Å²) in [5, 5.41) is 7.75. The second-order valence-corrected chi connectivity index (χ2v) is 5.70. The Morgan fingerprint density at radius 1 is 1.30 bits per heavy atom. The lowest BCUT2D eigenvalue weighted by molar-refractivity contribution is 0.552. The van der Waals surface area contributed by atoms with Gasteiger partial charge in [-0.2, -0.15) is 0 Å². The zero-order valence-electron chi connectivity index (χ0n) is 10.9. The molecule has 102 valence electrons. The fourth-order valence-electron chi connectivity index (χ4n) is 1.96. The largest absolute Gasteiger partial charge is 0.408 e. The zero-order chi connectivity index (χ0) is 13.9. The first kappa shape index (κ1) is 13.2. The number of aromatic nitrogens is 3. The van der Waals surface area contributed by atoms with Crippen molar-refractivity contribution in [2.75, 3.05) is 0 Å². The zero-order valence-corrected chi connectivity index (χ0v) is 12.6. The van der Waals surface area contributed by atoms with Crippen LogP contribution in [0.4, 0.5) is 0 Å². The predicted octanol–water partition coefficient (Wildman–Crippen LogP) is 4.48. The number of hydrogen-bond donors (Lipinski definition) is 1. The van der Waals surface area contributed by atoms with Crippen LogP contribution < -0.4 is 0 Å². The number of hydrogen-bond acceptors (Lipinski definition) is 5. The molecule has 2 heterocycles. The maximum atomic E-state index is 5.42. The van der Waals surface area contributed by atoms with Gasteiger partial charge >= 0.3 is 0 Å². The molecule has 1 aromatic carbocycles. The van der Waals surface area contributed by atoms with E-state index in [0.29, 0.717) is 5.89 Å². The molecule has 0 saturated heterocycles. The van der Waals surface area contributed by atoms with Crippen LogP contribution in [0.3, 0.4) is 0 Å². The second-order valence-electron chi connectivity index (χ2n) is 4.33. The Morgan fingerprint density at radius 2 is 2.10 bits per heavy atom. The van der Waals surface area contributed by atoms with Crippen LogP contribution >= 0.6 is 23.6 Å². The van der Waals surface area contributed by atoms with Crippen molar-refractivity contribution in [3.63, 3.8) is 0 Å². The van der Waals surface area contributed by atoms with Crippen LogP contribution in [0.1, 0.15) is 19.0 Å².